The fourth-order valence-corrected chi connectivity index (χ4v) is 12.1. The van der Waals surface area contributed by atoms with Crippen LogP contribution in [0.4, 0.5) is 0 Å². The molecule has 0 amide bonds. The maximum atomic E-state index is 13.0. The van der Waals surface area contributed by atoms with Crippen LogP contribution in [0.3, 0.4) is 0 Å². The van der Waals surface area contributed by atoms with Gasteiger partial charge in [-0.15, -0.1) is 0 Å². The molecule has 0 bridgehead atoms. The maximum absolute atomic E-state index is 13.0. The lowest BCUT2D eigenvalue weighted by Crippen LogP contribution is -2.30. The lowest BCUT2D eigenvalue weighted by atomic mass is 9.99. The molecule has 0 fully saturated rings. The quantitative estimate of drug-likeness (QED) is 0.0222. The van der Waals surface area contributed by atoms with Gasteiger partial charge in [0.25, 0.3) is 0 Å². The van der Waals surface area contributed by atoms with E-state index in [9.17, 15) is 43.2 Å². The smallest absolute Gasteiger partial charge is 0.462 e. The summed E-state index contributed by atoms with van der Waals surface area (Å²) in [4.78, 5) is 72.5. The van der Waals surface area contributed by atoms with Crippen molar-refractivity contribution < 1.29 is 80.2 Å². The second-order valence-electron chi connectivity index (χ2n) is 26.5. The number of carbonyl (C=O) groups is 4. The van der Waals surface area contributed by atoms with Gasteiger partial charge in [0.15, 0.2) is 12.2 Å². The molecule has 0 rings (SSSR count). The zero-order chi connectivity index (χ0) is 65.9. The zero-order valence-electron chi connectivity index (χ0n) is 57.9. The number of aliphatic hydroxyl groups is 1. The van der Waals surface area contributed by atoms with E-state index in [2.05, 4.69) is 48.5 Å². The van der Waals surface area contributed by atoms with Crippen LogP contribution in [0.5, 0.6) is 0 Å². The van der Waals surface area contributed by atoms with Crippen LogP contribution in [0.15, 0.2) is 0 Å². The summed E-state index contributed by atoms with van der Waals surface area (Å²) in [6.07, 6.45) is 44.4. The molecular weight excluding hydrogens is 1170 g/mol. The number of unbranched alkanes of at least 4 members (excludes halogenated alkanes) is 35. The van der Waals surface area contributed by atoms with Gasteiger partial charge in [0, 0.05) is 25.7 Å². The summed E-state index contributed by atoms with van der Waals surface area (Å²) in [5.74, 6) is 0.143. The molecule has 0 spiro atoms. The molecule has 19 heteroatoms. The Morgan fingerprint density at radius 3 is 0.854 bits per heavy atom. The normalized spacial score (nSPS) is 14.5. The minimum absolute atomic E-state index is 0.106. The molecule has 0 aliphatic carbocycles. The van der Waals surface area contributed by atoms with E-state index in [1.807, 2.05) is 0 Å². The first-order valence-electron chi connectivity index (χ1n) is 36.4. The van der Waals surface area contributed by atoms with Crippen LogP contribution in [0.25, 0.3) is 0 Å². The fourth-order valence-electron chi connectivity index (χ4n) is 10.5. The first-order valence-corrected chi connectivity index (χ1v) is 39.4. The van der Waals surface area contributed by atoms with Gasteiger partial charge in [-0.1, -0.05) is 299 Å². The van der Waals surface area contributed by atoms with Gasteiger partial charge in [-0.2, -0.15) is 0 Å². The molecule has 0 radical (unpaired) electrons. The van der Waals surface area contributed by atoms with Gasteiger partial charge in [0.2, 0.25) is 0 Å². The highest BCUT2D eigenvalue weighted by Gasteiger charge is 2.30. The predicted octanol–water partition coefficient (Wildman–Crippen LogP) is 19.8. The van der Waals surface area contributed by atoms with Crippen molar-refractivity contribution in [3.63, 3.8) is 0 Å². The molecule has 3 unspecified atom stereocenters. The molecule has 0 aliphatic heterocycles. The van der Waals surface area contributed by atoms with Crippen LogP contribution in [0.2, 0.25) is 0 Å². The molecule has 0 aromatic carbocycles. The number of carbonyl (C=O) groups excluding carboxylic acids is 4. The van der Waals surface area contributed by atoms with Gasteiger partial charge < -0.3 is 33.8 Å². The Hall–Kier alpha value is -1.94. The van der Waals surface area contributed by atoms with Crippen molar-refractivity contribution in [1.29, 1.82) is 0 Å². The number of aliphatic hydroxyl groups excluding tert-OH is 1. The minimum Gasteiger partial charge on any atom is -0.462 e. The third kappa shape index (κ3) is 63.2. The zero-order valence-corrected chi connectivity index (χ0v) is 59.7. The summed E-state index contributed by atoms with van der Waals surface area (Å²) in [5, 5.41) is 10.6. The predicted molar refractivity (Wildman–Crippen MR) is 358 cm³/mol. The monoisotopic (exact) mass is 1310 g/mol. The van der Waals surface area contributed by atoms with E-state index in [1.165, 1.54) is 154 Å². The molecule has 0 heterocycles. The van der Waals surface area contributed by atoms with Crippen LogP contribution in [0, 0.1) is 17.8 Å². The van der Waals surface area contributed by atoms with Crippen LogP contribution >= 0.6 is 15.6 Å². The Morgan fingerprint density at radius 1 is 0.326 bits per heavy atom. The number of phosphoric acid groups is 2. The highest BCUT2D eigenvalue weighted by molar-refractivity contribution is 7.47. The van der Waals surface area contributed by atoms with Crippen molar-refractivity contribution in [3.8, 4) is 0 Å². The highest BCUT2D eigenvalue weighted by atomic mass is 31.2. The largest absolute Gasteiger partial charge is 0.472 e. The number of esters is 4. The third-order valence-corrected chi connectivity index (χ3v) is 18.4. The van der Waals surface area contributed by atoms with Crippen LogP contribution < -0.4 is 0 Å². The van der Waals surface area contributed by atoms with Crippen molar-refractivity contribution in [3.05, 3.63) is 0 Å². The molecule has 0 aromatic rings. The Morgan fingerprint density at radius 2 is 0.573 bits per heavy atom. The van der Waals surface area contributed by atoms with Crippen molar-refractivity contribution in [2.45, 2.75) is 369 Å². The molecule has 3 N–H and O–H groups in total. The van der Waals surface area contributed by atoms with Crippen LogP contribution in [0.1, 0.15) is 350 Å². The Kier molecular flexibility index (Phi) is 59.6. The van der Waals surface area contributed by atoms with E-state index < -0.39 is 97.5 Å². The molecule has 0 saturated heterocycles. The van der Waals surface area contributed by atoms with Gasteiger partial charge in [0.05, 0.1) is 26.4 Å². The van der Waals surface area contributed by atoms with E-state index in [0.29, 0.717) is 31.6 Å². The summed E-state index contributed by atoms with van der Waals surface area (Å²) in [6, 6.07) is 0. The van der Waals surface area contributed by atoms with E-state index >= 15 is 0 Å². The Labute approximate surface area is 543 Å². The van der Waals surface area contributed by atoms with E-state index in [1.54, 1.807) is 0 Å². The lowest BCUT2D eigenvalue weighted by molar-refractivity contribution is -0.161. The van der Waals surface area contributed by atoms with Gasteiger partial charge in [0.1, 0.15) is 19.3 Å². The molecule has 0 aromatic heterocycles. The van der Waals surface area contributed by atoms with Gasteiger partial charge in [-0.25, -0.2) is 9.13 Å². The van der Waals surface area contributed by atoms with Crippen molar-refractivity contribution >= 4 is 39.5 Å². The first kappa shape index (κ1) is 87.1. The summed E-state index contributed by atoms with van der Waals surface area (Å²) in [6.45, 7) is 11.8. The highest BCUT2D eigenvalue weighted by Crippen LogP contribution is 2.45. The van der Waals surface area contributed by atoms with Gasteiger partial charge >= 0.3 is 39.5 Å². The SMILES string of the molecule is CCCCCCCCCCCCCC(=O)O[C@H](COC(=O)CCCCCCCCCC(C)C)COP(=O)(O)OC[C@H](O)COP(=O)(O)OC[C@@H](COC(=O)CCCCCCCCCCC(C)CC)OC(=O)CCCCCCCCCCCCCCCC(C)C. The number of hydrogen-bond donors (Lipinski definition) is 3. The average Bonchev–Trinajstić information content (AvgIpc) is 3.70. The summed E-state index contributed by atoms with van der Waals surface area (Å²) >= 11 is 0. The van der Waals surface area contributed by atoms with E-state index in [-0.39, 0.29) is 25.7 Å². The molecule has 89 heavy (non-hydrogen) atoms. The molecule has 0 aliphatic rings. The van der Waals surface area contributed by atoms with Crippen LogP contribution in [-0.2, 0) is 65.4 Å². The number of ether oxygens (including phenoxy) is 4. The van der Waals surface area contributed by atoms with Crippen LogP contribution in [-0.4, -0.2) is 96.7 Å². The molecule has 528 valence electrons. The lowest BCUT2D eigenvalue weighted by Gasteiger charge is -2.21. The van der Waals surface area contributed by atoms with Gasteiger partial charge in [-0.3, -0.25) is 37.3 Å². The topological polar surface area (TPSA) is 237 Å². The standard InChI is InChI=1S/C70H136O17P2/c1-8-10-11-12-13-14-18-22-31-39-46-53-69(74)87-66(58-81-68(73)52-45-38-33-26-28-35-42-49-62(5)6)60-85-89(78,79)83-56-64(71)55-82-88(76,77)84-59-65(57-80-67(72)51-44-37-30-25-24-29-36-43-50-63(7)9-2)86-70(75)54-47-40-32-23-20-17-15-16-19-21-27-34-41-48-61(3)4/h61-66,71H,8-60H2,1-7H3,(H,76,77)(H,78,79)/t63?,64-,65-,66-/m1/s1. The summed E-state index contributed by atoms with van der Waals surface area (Å²) < 4.78 is 68.3. The second kappa shape index (κ2) is 61.0. The maximum Gasteiger partial charge on any atom is 0.472 e. The fraction of sp³-hybridized carbons (Fsp3) is 0.943. The number of hydrogen-bond acceptors (Lipinski definition) is 15. The van der Waals surface area contributed by atoms with Crippen molar-refractivity contribution in [2.24, 2.45) is 17.8 Å². The summed E-state index contributed by atoms with van der Waals surface area (Å²) in [7, 11) is -9.90. The molecule has 0 saturated carbocycles. The van der Waals surface area contributed by atoms with Gasteiger partial charge in [-0.05, 0) is 43.4 Å². The Bertz CT molecular complexity index is 1750. The Balaban J connectivity index is 5.25. The third-order valence-electron chi connectivity index (χ3n) is 16.5. The van der Waals surface area contributed by atoms with Crippen molar-refractivity contribution in [1.82, 2.24) is 0 Å². The van der Waals surface area contributed by atoms with E-state index in [0.717, 1.165) is 108 Å². The number of phosphoric ester groups is 2. The van der Waals surface area contributed by atoms with Crippen molar-refractivity contribution in [2.75, 3.05) is 39.6 Å². The molecule has 17 nitrogen and oxygen atoms in total. The average molecular weight is 1310 g/mol. The number of rotatable bonds is 68. The molecule has 6 atom stereocenters. The minimum atomic E-state index is -4.95. The second-order valence-corrected chi connectivity index (χ2v) is 29.4. The summed E-state index contributed by atoms with van der Waals surface area (Å²) in [5.41, 5.74) is 0. The van der Waals surface area contributed by atoms with E-state index in [4.69, 9.17) is 37.0 Å². The first-order chi connectivity index (χ1) is 42.8. The molecular formula is C70H136O17P2.